The molecule has 0 aromatic heterocycles. The van der Waals surface area contributed by atoms with Crippen molar-refractivity contribution in [1.82, 2.24) is 5.32 Å². The number of hydrogen-bond donors (Lipinski definition) is 2. The molecule has 5 heteroatoms. The van der Waals surface area contributed by atoms with E-state index in [0.29, 0.717) is 13.0 Å². The number of fused-ring (bicyclic) bond motifs is 1. The van der Waals surface area contributed by atoms with E-state index >= 15 is 0 Å². The third-order valence-electron chi connectivity index (χ3n) is 3.25. The van der Waals surface area contributed by atoms with Crippen molar-refractivity contribution in [2.45, 2.75) is 12.3 Å². The Morgan fingerprint density at radius 1 is 1.44 bits per heavy atom. The van der Waals surface area contributed by atoms with Crippen LogP contribution in [0.3, 0.4) is 0 Å². The molecule has 0 spiro atoms. The highest BCUT2D eigenvalue weighted by Crippen LogP contribution is 2.34. The monoisotopic (exact) mass is 248 g/mol. The van der Waals surface area contributed by atoms with Gasteiger partial charge in [-0.05, 0) is 18.1 Å². The van der Waals surface area contributed by atoms with Crippen LogP contribution in [0.4, 0.5) is 5.69 Å². The highest BCUT2D eigenvalue weighted by atomic mass is 16.4. The number of amides is 1. The second kappa shape index (κ2) is 5.08. The van der Waals surface area contributed by atoms with Crippen LogP contribution in [0.15, 0.2) is 24.3 Å². The number of hydrogen-bond acceptors (Lipinski definition) is 3. The van der Waals surface area contributed by atoms with Gasteiger partial charge in [0.2, 0.25) is 5.91 Å². The van der Waals surface area contributed by atoms with Crippen LogP contribution in [-0.4, -0.2) is 37.1 Å². The molecule has 0 aliphatic carbocycles. The van der Waals surface area contributed by atoms with Crippen molar-refractivity contribution in [3.8, 4) is 0 Å². The van der Waals surface area contributed by atoms with Crippen LogP contribution in [0.25, 0.3) is 0 Å². The molecule has 5 nitrogen and oxygen atoms in total. The average Bonchev–Trinajstić information content (AvgIpc) is 2.38. The van der Waals surface area contributed by atoms with Gasteiger partial charge in [0.25, 0.3) is 0 Å². The number of likely N-dealkylation sites (N-methyl/N-ethyl adjacent to an activating group) is 1. The molecule has 2 N–H and O–H groups in total. The van der Waals surface area contributed by atoms with Crippen molar-refractivity contribution < 1.29 is 14.7 Å². The predicted molar refractivity (Wildman–Crippen MR) is 67.7 cm³/mol. The normalized spacial score (nSPS) is 18.1. The number of benzene rings is 1. The van der Waals surface area contributed by atoms with Crippen LogP contribution in [0.1, 0.15) is 17.9 Å². The number of carboxylic acid groups (broad SMARTS) is 1. The Hall–Kier alpha value is -2.04. The van der Waals surface area contributed by atoms with Gasteiger partial charge in [-0.15, -0.1) is 0 Å². The van der Waals surface area contributed by atoms with Crippen molar-refractivity contribution in [2.24, 2.45) is 0 Å². The summed E-state index contributed by atoms with van der Waals surface area (Å²) in [6, 6.07) is 7.38. The number of nitrogens with zero attached hydrogens (tertiary/aromatic N) is 1. The van der Waals surface area contributed by atoms with Crippen LogP contribution in [0, 0.1) is 0 Å². The predicted octanol–water partition coefficient (Wildman–Crippen LogP) is 0.811. The van der Waals surface area contributed by atoms with Gasteiger partial charge < -0.3 is 15.3 Å². The molecule has 1 aliphatic rings. The summed E-state index contributed by atoms with van der Waals surface area (Å²) in [5.74, 6) is -1.34. The fourth-order valence-corrected chi connectivity index (χ4v) is 2.30. The average molecular weight is 248 g/mol. The fraction of sp³-hybridized carbons (Fsp3) is 0.385. The van der Waals surface area contributed by atoms with Crippen LogP contribution >= 0.6 is 0 Å². The molecule has 0 fully saturated rings. The summed E-state index contributed by atoms with van der Waals surface area (Å²) in [7, 11) is 1.60. The lowest BCUT2D eigenvalue weighted by molar-refractivity contribution is -0.139. The van der Waals surface area contributed by atoms with Crippen molar-refractivity contribution in [3.05, 3.63) is 29.8 Å². The van der Waals surface area contributed by atoms with Crippen molar-refractivity contribution in [1.29, 1.82) is 0 Å². The Kier molecular flexibility index (Phi) is 3.50. The minimum absolute atomic E-state index is 0.0708. The molecule has 1 unspecified atom stereocenters. The van der Waals surface area contributed by atoms with Crippen molar-refractivity contribution in [3.63, 3.8) is 0 Å². The highest BCUT2D eigenvalue weighted by molar-refractivity contribution is 5.84. The molecular formula is C13H16N2O3. The van der Waals surface area contributed by atoms with Gasteiger partial charge in [-0.1, -0.05) is 18.2 Å². The van der Waals surface area contributed by atoms with E-state index in [2.05, 4.69) is 5.32 Å². The molecule has 0 saturated heterocycles. The SMILES string of the molecule is CNC(=O)CN1CCC(C(=O)O)c2ccccc21. The number of para-hydroxylation sites is 1. The first-order chi connectivity index (χ1) is 8.63. The molecule has 1 heterocycles. The number of aliphatic carboxylic acids is 1. The molecule has 0 radical (unpaired) electrons. The minimum atomic E-state index is -0.804. The number of carboxylic acids is 1. The van der Waals surface area contributed by atoms with Crippen LogP contribution < -0.4 is 10.2 Å². The van der Waals surface area contributed by atoms with E-state index in [1.807, 2.05) is 29.2 Å². The second-order valence-electron chi connectivity index (χ2n) is 4.33. The zero-order chi connectivity index (χ0) is 13.1. The van der Waals surface area contributed by atoms with Crippen molar-refractivity contribution >= 4 is 17.6 Å². The molecule has 0 bridgehead atoms. The van der Waals surface area contributed by atoms with E-state index in [1.54, 1.807) is 7.05 Å². The minimum Gasteiger partial charge on any atom is -0.481 e. The summed E-state index contributed by atoms with van der Waals surface area (Å²) >= 11 is 0. The summed E-state index contributed by atoms with van der Waals surface area (Å²) in [4.78, 5) is 24.6. The summed E-state index contributed by atoms with van der Waals surface area (Å²) < 4.78 is 0. The molecule has 2 rings (SSSR count). The zero-order valence-corrected chi connectivity index (χ0v) is 10.2. The summed E-state index contributed by atoms with van der Waals surface area (Å²) in [5, 5.41) is 11.8. The molecule has 1 aromatic carbocycles. The molecule has 1 amide bonds. The number of carbonyl (C=O) groups excluding carboxylic acids is 1. The molecule has 96 valence electrons. The maximum Gasteiger partial charge on any atom is 0.311 e. The van der Waals surface area contributed by atoms with Gasteiger partial charge in [0.1, 0.15) is 0 Å². The Morgan fingerprint density at radius 2 is 2.17 bits per heavy atom. The molecule has 0 saturated carbocycles. The Balaban J connectivity index is 2.30. The topological polar surface area (TPSA) is 69.6 Å². The van der Waals surface area contributed by atoms with Crippen LogP contribution in [0.5, 0.6) is 0 Å². The van der Waals surface area contributed by atoms with Crippen LogP contribution in [-0.2, 0) is 9.59 Å². The van der Waals surface area contributed by atoms with E-state index in [1.165, 1.54) is 0 Å². The Labute approximate surface area is 105 Å². The van der Waals surface area contributed by atoms with Gasteiger partial charge in [0.15, 0.2) is 0 Å². The van der Waals surface area contributed by atoms with Crippen molar-refractivity contribution in [2.75, 3.05) is 25.0 Å². The summed E-state index contributed by atoms with van der Waals surface area (Å²) in [6.45, 7) is 0.848. The lowest BCUT2D eigenvalue weighted by Crippen LogP contribution is -2.40. The van der Waals surface area contributed by atoms with Crippen LogP contribution in [0.2, 0.25) is 0 Å². The first-order valence-electron chi connectivity index (χ1n) is 5.90. The maximum absolute atomic E-state index is 11.4. The van der Waals surface area contributed by atoms with Gasteiger partial charge >= 0.3 is 5.97 Å². The van der Waals surface area contributed by atoms with Gasteiger partial charge in [-0.25, -0.2) is 0 Å². The second-order valence-corrected chi connectivity index (χ2v) is 4.33. The number of rotatable bonds is 3. The molecule has 1 atom stereocenters. The van der Waals surface area contributed by atoms with E-state index in [9.17, 15) is 14.7 Å². The van der Waals surface area contributed by atoms with E-state index < -0.39 is 11.9 Å². The highest BCUT2D eigenvalue weighted by Gasteiger charge is 2.30. The lowest BCUT2D eigenvalue weighted by atomic mass is 9.90. The van der Waals surface area contributed by atoms with E-state index in [4.69, 9.17) is 0 Å². The smallest absolute Gasteiger partial charge is 0.311 e. The largest absolute Gasteiger partial charge is 0.481 e. The first-order valence-corrected chi connectivity index (χ1v) is 5.90. The summed E-state index contributed by atoms with van der Waals surface area (Å²) in [6.07, 6.45) is 0.531. The standard InChI is InChI=1S/C13H16N2O3/c1-14-12(16)8-15-7-6-10(13(17)18)9-4-2-3-5-11(9)15/h2-5,10H,6-8H2,1H3,(H,14,16)(H,17,18). The Bertz CT molecular complexity index is 473. The van der Waals surface area contributed by atoms with Gasteiger partial charge in [0.05, 0.1) is 12.5 Å². The zero-order valence-electron chi connectivity index (χ0n) is 10.2. The third-order valence-corrected chi connectivity index (χ3v) is 3.25. The third kappa shape index (κ3) is 2.30. The van der Waals surface area contributed by atoms with Gasteiger partial charge in [-0.2, -0.15) is 0 Å². The van der Waals surface area contributed by atoms with Gasteiger partial charge in [0, 0.05) is 19.3 Å². The lowest BCUT2D eigenvalue weighted by Gasteiger charge is -2.33. The quantitative estimate of drug-likeness (QED) is 0.830. The first kappa shape index (κ1) is 12.4. The molecule has 1 aliphatic heterocycles. The molecule has 1 aromatic rings. The molecule has 18 heavy (non-hydrogen) atoms. The maximum atomic E-state index is 11.4. The molecular weight excluding hydrogens is 232 g/mol. The summed E-state index contributed by atoms with van der Waals surface area (Å²) in [5.41, 5.74) is 1.64. The fourth-order valence-electron chi connectivity index (χ4n) is 2.30. The van der Waals surface area contributed by atoms with E-state index in [0.717, 1.165) is 11.3 Å². The van der Waals surface area contributed by atoms with Gasteiger partial charge in [-0.3, -0.25) is 9.59 Å². The number of anilines is 1. The number of carbonyl (C=O) groups is 2. The Morgan fingerprint density at radius 3 is 2.83 bits per heavy atom. The number of nitrogens with one attached hydrogen (secondary N) is 1. The van der Waals surface area contributed by atoms with E-state index in [-0.39, 0.29) is 12.5 Å².